The lowest BCUT2D eigenvalue weighted by Gasteiger charge is -2.25. The summed E-state index contributed by atoms with van der Waals surface area (Å²) in [6.45, 7) is 0. The maximum atomic E-state index is 2.49. The second-order valence-corrected chi connectivity index (χ2v) is 14.8. The Morgan fingerprint density at radius 3 is 1.42 bits per heavy atom. The molecule has 9 aromatic carbocycles. The quantitative estimate of drug-likeness (QED) is 0.176. The molecule has 0 aliphatic carbocycles. The van der Waals surface area contributed by atoms with Crippen molar-refractivity contribution >= 4 is 103 Å². The monoisotopic (exact) mass is 679 g/mol. The van der Waals surface area contributed by atoms with Gasteiger partial charge in [0.15, 0.2) is 0 Å². The van der Waals surface area contributed by atoms with Crippen molar-refractivity contribution in [3.05, 3.63) is 176 Å². The van der Waals surface area contributed by atoms with Crippen molar-refractivity contribution in [1.82, 2.24) is 9.13 Å². The van der Waals surface area contributed by atoms with E-state index < -0.39 is 0 Å². The van der Waals surface area contributed by atoms with Gasteiger partial charge in [-0.15, -0.1) is 11.3 Å². The molecule has 0 unspecified atom stereocenters. The standard InChI is InChI=1S/C48H29N3S/c1-4-12-30(13-5-1)49(31-14-6-2-7-15-31)33-22-24-34(25-23-33)51-39-27-26-38-45-43-35(18-10-20-37(43)50(38)32-16-8-3-9-17-32)36-19-11-21-41-44(36)48-42(52-41)29-28-40(51)47(48)46(39)45/h1-29H. The topological polar surface area (TPSA) is 13.1 Å². The van der Waals surface area contributed by atoms with Gasteiger partial charge in [-0.2, -0.15) is 0 Å². The van der Waals surface area contributed by atoms with E-state index in [0.29, 0.717) is 0 Å². The molecule has 3 heterocycles. The van der Waals surface area contributed by atoms with Crippen molar-refractivity contribution in [3.8, 4) is 11.4 Å². The normalized spacial score (nSPS) is 12.2. The van der Waals surface area contributed by atoms with Gasteiger partial charge in [-0.1, -0.05) is 78.9 Å². The Balaban J connectivity index is 1.21. The molecule has 52 heavy (non-hydrogen) atoms. The van der Waals surface area contributed by atoms with Crippen molar-refractivity contribution in [2.24, 2.45) is 0 Å². The van der Waals surface area contributed by atoms with Crippen LogP contribution in [0.1, 0.15) is 0 Å². The third-order valence-corrected chi connectivity index (χ3v) is 12.1. The number of nitrogens with zero attached hydrogens (tertiary/aromatic N) is 3. The van der Waals surface area contributed by atoms with Crippen molar-refractivity contribution in [3.63, 3.8) is 0 Å². The van der Waals surface area contributed by atoms with E-state index in [4.69, 9.17) is 0 Å². The molecule has 3 nitrogen and oxygen atoms in total. The molecule has 12 rings (SSSR count). The second kappa shape index (κ2) is 10.5. The minimum absolute atomic E-state index is 1.12. The first kappa shape index (κ1) is 28.1. The molecule has 0 amide bonds. The van der Waals surface area contributed by atoms with E-state index >= 15 is 0 Å². The molecule has 0 radical (unpaired) electrons. The van der Waals surface area contributed by atoms with Crippen LogP contribution in [-0.4, -0.2) is 9.13 Å². The predicted molar refractivity (Wildman–Crippen MR) is 223 cm³/mol. The summed E-state index contributed by atoms with van der Waals surface area (Å²) in [6.07, 6.45) is 0. The van der Waals surface area contributed by atoms with E-state index in [2.05, 4.69) is 190 Å². The average molecular weight is 680 g/mol. The van der Waals surface area contributed by atoms with Crippen molar-refractivity contribution < 1.29 is 0 Å². The van der Waals surface area contributed by atoms with Crippen LogP contribution < -0.4 is 4.90 Å². The molecular weight excluding hydrogens is 651 g/mol. The van der Waals surface area contributed by atoms with Crippen LogP contribution in [0.25, 0.3) is 85.9 Å². The predicted octanol–water partition coefficient (Wildman–Crippen LogP) is 13.7. The molecule has 4 heteroatoms. The molecule has 0 bridgehead atoms. The van der Waals surface area contributed by atoms with E-state index in [1.165, 1.54) is 80.2 Å². The largest absolute Gasteiger partial charge is 0.311 e. The van der Waals surface area contributed by atoms with Crippen molar-refractivity contribution in [1.29, 1.82) is 0 Å². The van der Waals surface area contributed by atoms with E-state index in [1.54, 1.807) is 0 Å². The van der Waals surface area contributed by atoms with Crippen LogP contribution in [0.3, 0.4) is 0 Å². The summed E-state index contributed by atoms with van der Waals surface area (Å²) in [5.41, 5.74) is 10.6. The number of aromatic nitrogens is 2. The second-order valence-electron chi connectivity index (χ2n) is 13.7. The highest BCUT2D eigenvalue weighted by Gasteiger charge is 2.26. The van der Waals surface area contributed by atoms with Crippen LogP contribution in [0.2, 0.25) is 0 Å². The molecule has 3 aromatic heterocycles. The zero-order chi connectivity index (χ0) is 33.9. The molecule has 0 fully saturated rings. The van der Waals surface area contributed by atoms with Crippen LogP contribution >= 0.6 is 11.3 Å². The van der Waals surface area contributed by atoms with Gasteiger partial charge in [0.2, 0.25) is 0 Å². The first-order valence-corrected chi connectivity index (χ1v) is 18.6. The molecule has 0 aliphatic rings. The molecule has 0 saturated heterocycles. The maximum Gasteiger partial charge on any atom is 0.0549 e. The van der Waals surface area contributed by atoms with Crippen LogP contribution in [0.5, 0.6) is 0 Å². The van der Waals surface area contributed by atoms with E-state index in [0.717, 1.165) is 22.7 Å². The zero-order valence-corrected chi connectivity index (χ0v) is 28.8. The average Bonchev–Trinajstić information content (AvgIpc) is 3.86. The van der Waals surface area contributed by atoms with Crippen LogP contribution in [0.15, 0.2) is 176 Å². The molecule has 0 saturated carbocycles. The van der Waals surface area contributed by atoms with Gasteiger partial charge in [0, 0.05) is 70.2 Å². The number of benzene rings is 8. The van der Waals surface area contributed by atoms with Crippen molar-refractivity contribution in [2.75, 3.05) is 4.90 Å². The Labute approximate surface area is 303 Å². The van der Waals surface area contributed by atoms with Gasteiger partial charge >= 0.3 is 0 Å². The number of hydrogen-bond donors (Lipinski definition) is 0. The molecule has 0 N–H and O–H groups in total. The van der Waals surface area contributed by atoms with Gasteiger partial charge in [-0.25, -0.2) is 0 Å². The van der Waals surface area contributed by atoms with Gasteiger partial charge in [0.05, 0.1) is 22.1 Å². The minimum atomic E-state index is 1.12. The third-order valence-electron chi connectivity index (χ3n) is 11.0. The van der Waals surface area contributed by atoms with Gasteiger partial charge in [-0.3, -0.25) is 0 Å². The Hall–Kier alpha value is -6.62. The number of para-hydroxylation sites is 3. The maximum absolute atomic E-state index is 2.49. The fourth-order valence-corrected chi connectivity index (χ4v) is 10.1. The third kappa shape index (κ3) is 3.69. The Bertz CT molecular complexity index is 3220. The summed E-state index contributed by atoms with van der Waals surface area (Å²) in [7, 11) is 0. The highest BCUT2D eigenvalue weighted by atomic mass is 32.1. The smallest absolute Gasteiger partial charge is 0.0549 e. The van der Waals surface area contributed by atoms with Gasteiger partial charge in [-0.05, 0) is 108 Å². The number of hydrogen-bond acceptors (Lipinski definition) is 2. The van der Waals surface area contributed by atoms with Crippen molar-refractivity contribution in [2.45, 2.75) is 0 Å². The molecule has 0 spiro atoms. The number of fused-ring (bicyclic) bond motifs is 1. The first-order valence-electron chi connectivity index (χ1n) is 17.8. The van der Waals surface area contributed by atoms with E-state index in [1.807, 2.05) is 11.3 Å². The van der Waals surface area contributed by atoms with Gasteiger partial charge in [0.25, 0.3) is 0 Å². The number of anilines is 3. The molecule has 0 aliphatic heterocycles. The fraction of sp³-hybridized carbons (Fsp3) is 0. The minimum Gasteiger partial charge on any atom is -0.311 e. The Kier molecular flexibility index (Phi) is 5.65. The van der Waals surface area contributed by atoms with E-state index in [9.17, 15) is 0 Å². The lowest BCUT2D eigenvalue weighted by atomic mass is 9.95. The number of rotatable bonds is 5. The van der Waals surface area contributed by atoms with Gasteiger partial charge in [0.1, 0.15) is 0 Å². The highest BCUT2D eigenvalue weighted by Crippen LogP contribution is 2.51. The Morgan fingerprint density at radius 1 is 0.308 bits per heavy atom. The summed E-state index contributed by atoms with van der Waals surface area (Å²) in [5, 5.41) is 10.7. The molecular formula is C48H29N3S. The lowest BCUT2D eigenvalue weighted by molar-refractivity contribution is 1.17. The summed E-state index contributed by atoms with van der Waals surface area (Å²) >= 11 is 1.91. The van der Waals surface area contributed by atoms with E-state index in [-0.39, 0.29) is 0 Å². The Morgan fingerprint density at radius 2 is 0.769 bits per heavy atom. The lowest BCUT2D eigenvalue weighted by Crippen LogP contribution is -2.09. The summed E-state index contributed by atoms with van der Waals surface area (Å²) < 4.78 is 7.63. The van der Waals surface area contributed by atoms with Crippen LogP contribution in [-0.2, 0) is 0 Å². The zero-order valence-electron chi connectivity index (χ0n) is 28.0. The van der Waals surface area contributed by atoms with Gasteiger partial charge < -0.3 is 14.0 Å². The first-order chi connectivity index (χ1) is 25.8. The fourth-order valence-electron chi connectivity index (χ4n) is 8.98. The number of thiophene rings is 1. The summed E-state index contributed by atoms with van der Waals surface area (Å²) in [5.74, 6) is 0. The molecule has 242 valence electrons. The van der Waals surface area contributed by atoms with Crippen LogP contribution in [0, 0.1) is 0 Å². The highest BCUT2D eigenvalue weighted by molar-refractivity contribution is 7.26. The van der Waals surface area contributed by atoms with Crippen LogP contribution in [0.4, 0.5) is 17.1 Å². The summed E-state index contributed by atoms with van der Waals surface area (Å²) in [4.78, 5) is 2.32. The summed E-state index contributed by atoms with van der Waals surface area (Å²) in [6, 6.07) is 64.3. The molecule has 12 aromatic rings. The SMILES string of the molecule is c1ccc(N(c2ccccc2)c2ccc(-n3c4ccc5sc6cccc7c8cccc9c8c8c(c4c5c67)c3ccc8n9-c3ccccc3)cc2)cc1. The molecule has 0 atom stereocenters.